The fraction of sp³-hybridized carbons (Fsp3) is 0.810. The maximum Gasteiger partial charge on any atom is 0.241 e. The predicted octanol–water partition coefficient (Wildman–Crippen LogP) is 6.93. The average Bonchev–Trinajstić information content (AvgIpc) is 2.34. The van der Waals surface area contributed by atoms with E-state index in [2.05, 4.69) is 53.6 Å². The molecule has 3 atom stereocenters. The third kappa shape index (κ3) is 4.13. The summed E-state index contributed by atoms with van der Waals surface area (Å²) in [7, 11) is -1.52. The maximum absolute atomic E-state index is 6.09. The zero-order chi connectivity index (χ0) is 17.5. The summed E-state index contributed by atoms with van der Waals surface area (Å²) in [5, 5.41) is 0. The van der Waals surface area contributed by atoms with Crippen molar-refractivity contribution in [2.45, 2.75) is 85.4 Å². The molecule has 0 unspecified atom stereocenters. The SMILES string of the molecule is C=C(CC[C@H]1C(=C)CC[C@H]2C(C)(C)CCC[C@]12C)O[Si](C)(C)C. The van der Waals surface area contributed by atoms with Crippen LogP contribution in [0.25, 0.3) is 0 Å². The number of allylic oxidation sites excluding steroid dienone is 2. The summed E-state index contributed by atoms with van der Waals surface area (Å²) in [6, 6.07) is 0. The molecule has 1 nitrogen and oxygen atoms in total. The summed E-state index contributed by atoms with van der Waals surface area (Å²) >= 11 is 0. The standard InChI is InChI=1S/C21H38OSi/c1-16-10-13-19-20(3,4)14-9-15-21(19,5)18(16)12-11-17(2)22-23(6,7)8/h18-19H,1-2,9-15H2,3-8H3/t18-,19-,21+/m0/s1. The molecule has 2 aliphatic carbocycles. The molecule has 2 rings (SSSR count). The monoisotopic (exact) mass is 334 g/mol. The number of hydrogen-bond acceptors (Lipinski definition) is 1. The summed E-state index contributed by atoms with van der Waals surface area (Å²) in [4.78, 5) is 0. The molecule has 2 fully saturated rings. The number of fused-ring (bicyclic) bond motifs is 1. The highest BCUT2D eigenvalue weighted by Crippen LogP contribution is 2.61. The Morgan fingerprint density at radius 2 is 1.87 bits per heavy atom. The van der Waals surface area contributed by atoms with Gasteiger partial charge in [-0.25, -0.2) is 0 Å². The van der Waals surface area contributed by atoms with Crippen LogP contribution in [-0.4, -0.2) is 8.32 Å². The molecule has 0 saturated heterocycles. The van der Waals surface area contributed by atoms with E-state index in [4.69, 9.17) is 4.43 Å². The molecule has 2 saturated carbocycles. The predicted molar refractivity (Wildman–Crippen MR) is 104 cm³/mol. The van der Waals surface area contributed by atoms with Gasteiger partial charge in [-0.2, -0.15) is 0 Å². The van der Waals surface area contributed by atoms with Crippen molar-refractivity contribution in [2.75, 3.05) is 0 Å². The van der Waals surface area contributed by atoms with Crippen LogP contribution in [0, 0.1) is 22.7 Å². The molecule has 2 aliphatic rings. The molecule has 23 heavy (non-hydrogen) atoms. The molecule has 0 heterocycles. The van der Waals surface area contributed by atoms with Crippen LogP contribution in [0.1, 0.15) is 65.7 Å². The lowest BCUT2D eigenvalue weighted by molar-refractivity contribution is -0.0542. The lowest BCUT2D eigenvalue weighted by Crippen LogP contribution is -2.49. The Morgan fingerprint density at radius 3 is 2.48 bits per heavy atom. The van der Waals surface area contributed by atoms with Gasteiger partial charge in [0.15, 0.2) is 0 Å². The summed E-state index contributed by atoms with van der Waals surface area (Å²) in [5.74, 6) is 2.48. The van der Waals surface area contributed by atoms with Crippen molar-refractivity contribution in [1.29, 1.82) is 0 Å². The molecular formula is C21H38OSi. The summed E-state index contributed by atoms with van der Waals surface area (Å²) < 4.78 is 6.09. The fourth-order valence-corrected chi connectivity index (χ4v) is 6.57. The molecule has 0 spiro atoms. The smallest absolute Gasteiger partial charge is 0.241 e. The minimum absolute atomic E-state index is 0.427. The second-order valence-corrected chi connectivity index (χ2v) is 14.4. The Kier molecular flexibility index (Phi) is 5.26. The molecule has 0 bridgehead atoms. The van der Waals surface area contributed by atoms with E-state index in [1.807, 2.05) is 0 Å². The van der Waals surface area contributed by atoms with E-state index in [0.717, 1.165) is 18.1 Å². The first kappa shape index (κ1) is 18.8. The van der Waals surface area contributed by atoms with E-state index in [1.54, 1.807) is 0 Å². The molecule has 0 aliphatic heterocycles. The first-order chi connectivity index (χ1) is 10.5. The van der Waals surface area contributed by atoms with Gasteiger partial charge in [0.1, 0.15) is 0 Å². The van der Waals surface area contributed by atoms with E-state index < -0.39 is 8.32 Å². The highest BCUT2D eigenvalue weighted by atomic mass is 28.4. The average molecular weight is 335 g/mol. The Hall–Kier alpha value is -0.503. The van der Waals surface area contributed by atoms with Gasteiger partial charge in [-0.05, 0) is 74.4 Å². The maximum atomic E-state index is 6.09. The van der Waals surface area contributed by atoms with E-state index in [9.17, 15) is 0 Å². The van der Waals surface area contributed by atoms with E-state index >= 15 is 0 Å². The third-order valence-corrected chi connectivity index (χ3v) is 7.38. The summed E-state index contributed by atoms with van der Waals surface area (Å²) in [6.45, 7) is 22.9. The van der Waals surface area contributed by atoms with E-state index in [1.165, 1.54) is 44.1 Å². The topological polar surface area (TPSA) is 9.23 Å². The lowest BCUT2D eigenvalue weighted by atomic mass is 9.47. The molecule has 0 aromatic heterocycles. The Bertz CT molecular complexity index is 471. The van der Waals surface area contributed by atoms with E-state index in [0.29, 0.717) is 16.7 Å². The van der Waals surface area contributed by atoms with Gasteiger partial charge >= 0.3 is 0 Å². The third-order valence-electron chi connectivity index (χ3n) is 6.48. The van der Waals surface area contributed by atoms with Crippen molar-refractivity contribution in [1.82, 2.24) is 0 Å². The fourth-order valence-electron chi connectivity index (χ4n) is 5.60. The van der Waals surface area contributed by atoms with Crippen LogP contribution in [0.2, 0.25) is 19.6 Å². The molecule has 0 aromatic carbocycles. The largest absolute Gasteiger partial charge is 0.548 e. The van der Waals surface area contributed by atoms with Crippen molar-refractivity contribution in [3.63, 3.8) is 0 Å². The van der Waals surface area contributed by atoms with Gasteiger partial charge in [0, 0.05) is 6.42 Å². The van der Waals surface area contributed by atoms with Crippen LogP contribution >= 0.6 is 0 Å². The zero-order valence-electron chi connectivity index (χ0n) is 16.4. The van der Waals surface area contributed by atoms with Crippen molar-refractivity contribution >= 4 is 8.32 Å². The second-order valence-electron chi connectivity index (χ2n) is 9.94. The van der Waals surface area contributed by atoms with Crippen LogP contribution < -0.4 is 0 Å². The van der Waals surface area contributed by atoms with Crippen molar-refractivity contribution in [3.05, 3.63) is 24.5 Å². The van der Waals surface area contributed by atoms with Gasteiger partial charge in [0.25, 0.3) is 0 Å². The molecule has 0 aromatic rings. The molecule has 2 heteroatoms. The first-order valence-corrected chi connectivity index (χ1v) is 12.9. The first-order valence-electron chi connectivity index (χ1n) is 9.50. The van der Waals surface area contributed by atoms with Gasteiger partial charge in [0.05, 0.1) is 5.76 Å². The Morgan fingerprint density at radius 1 is 1.22 bits per heavy atom. The molecule has 0 radical (unpaired) electrons. The van der Waals surface area contributed by atoms with Crippen molar-refractivity contribution < 1.29 is 4.43 Å². The van der Waals surface area contributed by atoms with Crippen LogP contribution in [0.15, 0.2) is 24.5 Å². The summed E-state index contributed by atoms with van der Waals surface area (Å²) in [6.07, 6.45) is 8.85. The van der Waals surface area contributed by atoms with Crippen LogP contribution in [0.3, 0.4) is 0 Å². The minimum Gasteiger partial charge on any atom is -0.548 e. The quantitative estimate of drug-likeness (QED) is 0.301. The van der Waals surface area contributed by atoms with Gasteiger partial charge < -0.3 is 4.43 Å². The minimum atomic E-state index is -1.52. The van der Waals surface area contributed by atoms with Crippen molar-refractivity contribution in [3.8, 4) is 0 Å². The Balaban J connectivity index is 2.10. The van der Waals surface area contributed by atoms with E-state index in [-0.39, 0.29) is 0 Å². The highest BCUT2D eigenvalue weighted by Gasteiger charge is 2.52. The van der Waals surface area contributed by atoms with Gasteiger partial charge in [0.2, 0.25) is 8.32 Å². The lowest BCUT2D eigenvalue weighted by Gasteiger charge is -2.58. The second kappa shape index (κ2) is 6.42. The van der Waals surface area contributed by atoms with Crippen LogP contribution in [-0.2, 0) is 4.43 Å². The molecule has 0 N–H and O–H groups in total. The van der Waals surface area contributed by atoms with Crippen LogP contribution in [0.4, 0.5) is 0 Å². The van der Waals surface area contributed by atoms with Gasteiger partial charge in [-0.3, -0.25) is 0 Å². The van der Waals surface area contributed by atoms with Crippen molar-refractivity contribution in [2.24, 2.45) is 22.7 Å². The van der Waals surface area contributed by atoms with Crippen LogP contribution in [0.5, 0.6) is 0 Å². The number of rotatable bonds is 5. The Labute approximate surface area is 145 Å². The molecule has 0 amide bonds. The van der Waals surface area contributed by atoms with Gasteiger partial charge in [-0.1, -0.05) is 45.9 Å². The normalized spacial score (nSPS) is 33.9. The molecular weight excluding hydrogens is 296 g/mol. The zero-order valence-corrected chi connectivity index (χ0v) is 17.4. The van der Waals surface area contributed by atoms with Gasteiger partial charge in [-0.15, -0.1) is 0 Å². The molecule has 132 valence electrons. The highest BCUT2D eigenvalue weighted by molar-refractivity contribution is 6.70. The number of hydrogen-bond donors (Lipinski definition) is 0. The summed E-state index contributed by atoms with van der Waals surface area (Å²) in [5.41, 5.74) is 2.40.